The minimum atomic E-state index is -0.612. The van der Waals surface area contributed by atoms with Crippen LogP contribution in [0.5, 0.6) is 0 Å². The van der Waals surface area contributed by atoms with Gasteiger partial charge >= 0.3 is 6.03 Å². The van der Waals surface area contributed by atoms with Crippen LogP contribution in [0.4, 0.5) is 4.79 Å². The number of pyridine rings is 1. The van der Waals surface area contributed by atoms with E-state index in [1.165, 1.54) is 4.90 Å². The standard InChI is InChI=1S/C19H20N6O2/c1-12(2)25-11-16(22-23-25)8-17-18(26)24(19(27)21-17)10-13-3-4-15-9-20-6-5-14(15)7-13/h3-7,9,11-12,17H,8,10H2,1-2H3,(H,21,27). The molecule has 1 saturated heterocycles. The molecule has 0 bridgehead atoms. The van der Waals surface area contributed by atoms with Crippen LogP contribution < -0.4 is 5.32 Å². The zero-order chi connectivity index (χ0) is 19.0. The molecule has 4 rings (SSSR count). The van der Waals surface area contributed by atoms with Crippen LogP contribution in [0.3, 0.4) is 0 Å². The molecule has 1 atom stereocenters. The first-order chi connectivity index (χ1) is 13.0. The Morgan fingerprint density at radius 2 is 2.04 bits per heavy atom. The van der Waals surface area contributed by atoms with Crippen molar-refractivity contribution >= 4 is 22.7 Å². The maximum atomic E-state index is 12.7. The minimum Gasteiger partial charge on any atom is -0.325 e. The van der Waals surface area contributed by atoms with Crippen molar-refractivity contribution in [1.82, 2.24) is 30.2 Å². The van der Waals surface area contributed by atoms with Crippen molar-refractivity contribution in [3.05, 3.63) is 54.1 Å². The molecular formula is C19H20N6O2. The largest absolute Gasteiger partial charge is 0.325 e. The Kier molecular flexibility index (Phi) is 4.31. The summed E-state index contributed by atoms with van der Waals surface area (Å²) in [6.45, 7) is 4.24. The highest BCUT2D eigenvalue weighted by atomic mass is 16.2. The maximum absolute atomic E-state index is 12.7. The number of urea groups is 1. The summed E-state index contributed by atoms with van der Waals surface area (Å²) >= 11 is 0. The van der Waals surface area contributed by atoms with E-state index in [2.05, 4.69) is 20.6 Å². The van der Waals surface area contributed by atoms with Crippen molar-refractivity contribution in [1.29, 1.82) is 0 Å². The number of amides is 3. The summed E-state index contributed by atoms with van der Waals surface area (Å²) in [5.74, 6) is -0.242. The number of carbonyl (C=O) groups is 2. The third-order valence-corrected chi connectivity index (χ3v) is 4.65. The van der Waals surface area contributed by atoms with Gasteiger partial charge in [-0.1, -0.05) is 17.3 Å². The van der Waals surface area contributed by atoms with E-state index in [4.69, 9.17) is 0 Å². The number of nitrogens with one attached hydrogen (secondary N) is 1. The van der Waals surface area contributed by atoms with Crippen LogP contribution in [-0.4, -0.2) is 42.9 Å². The molecule has 2 aromatic heterocycles. The number of fused-ring (bicyclic) bond motifs is 1. The Balaban J connectivity index is 1.48. The molecule has 3 aromatic rings. The monoisotopic (exact) mass is 364 g/mol. The number of aromatic nitrogens is 4. The molecule has 1 fully saturated rings. The van der Waals surface area contributed by atoms with E-state index in [0.29, 0.717) is 12.1 Å². The van der Waals surface area contributed by atoms with E-state index in [1.54, 1.807) is 17.1 Å². The van der Waals surface area contributed by atoms with Gasteiger partial charge in [0.05, 0.1) is 12.2 Å². The fourth-order valence-corrected chi connectivity index (χ4v) is 3.15. The fraction of sp³-hybridized carbons (Fsp3) is 0.316. The second kappa shape index (κ2) is 6.79. The van der Waals surface area contributed by atoms with E-state index in [1.807, 2.05) is 44.3 Å². The summed E-state index contributed by atoms with van der Waals surface area (Å²) in [6.07, 6.45) is 5.65. The van der Waals surface area contributed by atoms with Crippen molar-refractivity contribution in [3.63, 3.8) is 0 Å². The van der Waals surface area contributed by atoms with Gasteiger partial charge in [-0.3, -0.25) is 14.7 Å². The molecule has 3 heterocycles. The zero-order valence-corrected chi connectivity index (χ0v) is 15.2. The Labute approximate surface area is 156 Å². The third kappa shape index (κ3) is 3.38. The van der Waals surface area contributed by atoms with E-state index in [9.17, 15) is 9.59 Å². The second-order valence-electron chi connectivity index (χ2n) is 6.97. The fourth-order valence-electron chi connectivity index (χ4n) is 3.15. The van der Waals surface area contributed by atoms with Gasteiger partial charge in [0.15, 0.2) is 0 Å². The van der Waals surface area contributed by atoms with Gasteiger partial charge in [-0.15, -0.1) is 5.10 Å². The highest BCUT2D eigenvalue weighted by molar-refractivity contribution is 6.04. The highest BCUT2D eigenvalue weighted by Crippen LogP contribution is 2.19. The number of nitrogens with zero attached hydrogens (tertiary/aromatic N) is 5. The molecule has 0 spiro atoms. The number of hydrogen-bond donors (Lipinski definition) is 1. The van der Waals surface area contributed by atoms with Crippen molar-refractivity contribution in [2.75, 3.05) is 0 Å². The van der Waals surface area contributed by atoms with Crippen LogP contribution in [0.15, 0.2) is 42.9 Å². The van der Waals surface area contributed by atoms with Gasteiger partial charge in [-0.25, -0.2) is 9.48 Å². The minimum absolute atomic E-state index is 0.194. The van der Waals surface area contributed by atoms with Gasteiger partial charge in [-0.2, -0.15) is 0 Å². The Hall–Kier alpha value is -3.29. The summed E-state index contributed by atoms with van der Waals surface area (Å²) in [4.78, 5) is 30.4. The van der Waals surface area contributed by atoms with Crippen LogP contribution >= 0.6 is 0 Å². The van der Waals surface area contributed by atoms with E-state index in [0.717, 1.165) is 16.3 Å². The Bertz CT molecular complexity index is 1010. The van der Waals surface area contributed by atoms with Gasteiger partial charge in [0.2, 0.25) is 0 Å². The van der Waals surface area contributed by atoms with Gasteiger partial charge in [-0.05, 0) is 36.9 Å². The Morgan fingerprint density at radius 3 is 2.81 bits per heavy atom. The molecule has 8 nitrogen and oxygen atoms in total. The highest BCUT2D eigenvalue weighted by Gasteiger charge is 2.38. The molecule has 8 heteroatoms. The molecule has 0 radical (unpaired) electrons. The van der Waals surface area contributed by atoms with Gasteiger partial charge in [0, 0.05) is 36.4 Å². The van der Waals surface area contributed by atoms with Gasteiger partial charge < -0.3 is 5.32 Å². The molecular weight excluding hydrogens is 344 g/mol. The zero-order valence-electron chi connectivity index (χ0n) is 15.2. The van der Waals surface area contributed by atoms with E-state index < -0.39 is 6.04 Å². The molecule has 138 valence electrons. The number of imide groups is 1. The van der Waals surface area contributed by atoms with Crippen LogP contribution in [0.1, 0.15) is 31.1 Å². The van der Waals surface area contributed by atoms with E-state index >= 15 is 0 Å². The predicted molar refractivity (Wildman–Crippen MR) is 98.7 cm³/mol. The van der Waals surface area contributed by atoms with Crippen molar-refractivity contribution < 1.29 is 9.59 Å². The molecule has 0 saturated carbocycles. The van der Waals surface area contributed by atoms with Crippen molar-refractivity contribution in [3.8, 4) is 0 Å². The van der Waals surface area contributed by atoms with E-state index in [-0.39, 0.29) is 24.5 Å². The first kappa shape index (κ1) is 17.1. The lowest BCUT2D eigenvalue weighted by Gasteiger charge is -2.13. The molecule has 3 amide bonds. The maximum Gasteiger partial charge on any atom is 0.325 e. The number of rotatable bonds is 5. The summed E-state index contributed by atoms with van der Waals surface area (Å²) in [5, 5.41) is 12.9. The van der Waals surface area contributed by atoms with Gasteiger partial charge in [0.25, 0.3) is 5.91 Å². The van der Waals surface area contributed by atoms with Crippen molar-refractivity contribution in [2.45, 2.75) is 38.9 Å². The van der Waals surface area contributed by atoms with Gasteiger partial charge in [0.1, 0.15) is 6.04 Å². The lowest BCUT2D eigenvalue weighted by atomic mass is 10.1. The number of carbonyl (C=O) groups excluding carboxylic acids is 2. The summed E-state index contributed by atoms with van der Waals surface area (Å²) in [6, 6.07) is 6.93. The van der Waals surface area contributed by atoms with Crippen LogP contribution in [0.25, 0.3) is 10.8 Å². The SMILES string of the molecule is CC(C)n1cc(CC2NC(=O)N(Cc3ccc4cnccc4c3)C2=O)nn1. The van der Waals surface area contributed by atoms with Crippen LogP contribution in [0.2, 0.25) is 0 Å². The topological polar surface area (TPSA) is 93.0 Å². The normalized spacial score (nSPS) is 17.1. The van der Waals surface area contributed by atoms with Crippen LogP contribution in [-0.2, 0) is 17.8 Å². The average Bonchev–Trinajstić information content (AvgIpc) is 3.22. The molecule has 1 unspecified atom stereocenters. The molecule has 1 N–H and O–H groups in total. The molecule has 0 aliphatic carbocycles. The lowest BCUT2D eigenvalue weighted by molar-refractivity contribution is -0.127. The molecule has 1 aromatic carbocycles. The lowest BCUT2D eigenvalue weighted by Crippen LogP contribution is -2.32. The second-order valence-corrected chi connectivity index (χ2v) is 6.97. The predicted octanol–water partition coefficient (Wildman–Crippen LogP) is 2.07. The third-order valence-electron chi connectivity index (χ3n) is 4.65. The summed E-state index contributed by atoms with van der Waals surface area (Å²) < 4.78 is 1.73. The average molecular weight is 364 g/mol. The first-order valence-corrected chi connectivity index (χ1v) is 8.86. The molecule has 1 aliphatic rings. The summed E-state index contributed by atoms with van der Waals surface area (Å²) in [7, 11) is 0. The quantitative estimate of drug-likeness (QED) is 0.700. The van der Waals surface area contributed by atoms with Crippen molar-refractivity contribution in [2.24, 2.45) is 0 Å². The first-order valence-electron chi connectivity index (χ1n) is 8.86. The molecule has 27 heavy (non-hydrogen) atoms. The Morgan fingerprint density at radius 1 is 1.19 bits per heavy atom. The van der Waals surface area contributed by atoms with Crippen LogP contribution in [0, 0.1) is 0 Å². The smallest absolute Gasteiger partial charge is 0.325 e. The number of hydrogen-bond acceptors (Lipinski definition) is 5. The number of benzene rings is 1. The summed E-state index contributed by atoms with van der Waals surface area (Å²) in [5.41, 5.74) is 1.58. The molecule has 1 aliphatic heterocycles.